The number of carbonyl (C=O) groups is 2. The molecule has 0 aliphatic carbocycles. The third-order valence-corrected chi connectivity index (χ3v) is 3.97. The summed E-state index contributed by atoms with van der Waals surface area (Å²) in [5, 5.41) is 0.366. The zero-order chi connectivity index (χ0) is 15.4. The summed E-state index contributed by atoms with van der Waals surface area (Å²) < 4.78 is 0. The van der Waals surface area contributed by atoms with Crippen molar-refractivity contribution >= 4 is 29.1 Å². The highest BCUT2D eigenvalue weighted by molar-refractivity contribution is 6.34. The summed E-state index contributed by atoms with van der Waals surface area (Å²) in [6.07, 6.45) is 1.28. The van der Waals surface area contributed by atoms with Crippen LogP contribution in [0.3, 0.4) is 0 Å². The summed E-state index contributed by atoms with van der Waals surface area (Å²) in [5.41, 5.74) is 6.64. The molecule has 5 nitrogen and oxygen atoms in total. The first-order valence-electron chi connectivity index (χ1n) is 7.15. The molecular formula is C15H20ClN3O2. The summed E-state index contributed by atoms with van der Waals surface area (Å²) in [6, 6.07) is 4.91. The molecular weight excluding hydrogens is 290 g/mol. The second-order valence-electron chi connectivity index (χ2n) is 5.12. The van der Waals surface area contributed by atoms with Crippen LogP contribution in [0.15, 0.2) is 18.2 Å². The van der Waals surface area contributed by atoms with Crippen molar-refractivity contribution in [3.63, 3.8) is 0 Å². The standard InChI is InChI=1S/C15H20ClN3O2/c1-2-14(20)18-6-3-7-19(9-8-18)15(21)12-5-4-11(17)10-13(12)16/h4-5,10H,2-3,6-9,17H2,1H3. The minimum atomic E-state index is -0.106. The van der Waals surface area contributed by atoms with Crippen molar-refractivity contribution in [2.75, 3.05) is 31.9 Å². The van der Waals surface area contributed by atoms with Crippen molar-refractivity contribution in [2.45, 2.75) is 19.8 Å². The van der Waals surface area contributed by atoms with Gasteiger partial charge in [-0.2, -0.15) is 0 Å². The number of hydrogen-bond acceptors (Lipinski definition) is 3. The van der Waals surface area contributed by atoms with Crippen LogP contribution in [0.2, 0.25) is 5.02 Å². The average Bonchev–Trinajstić information content (AvgIpc) is 2.71. The number of rotatable bonds is 2. The maximum absolute atomic E-state index is 12.5. The lowest BCUT2D eigenvalue weighted by atomic mass is 10.1. The average molecular weight is 310 g/mol. The van der Waals surface area contributed by atoms with Crippen LogP contribution < -0.4 is 5.73 Å². The molecule has 0 saturated carbocycles. The predicted molar refractivity (Wildman–Crippen MR) is 83.3 cm³/mol. The normalized spacial score (nSPS) is 15.7. The van der Waals surface area contributed by atoms with E-state index >= 15 is 0 Å². The number of carbonyl (C=O) groups excluding carboxylic acids is 2. The minimum Gasteiger partial charge on any atom is -0.399 e. The number of halogens is 1. The lowest BCUT2D eigenvalue weighted by Gasteiger charge is -2.22. The van der Waals surface area contributed by atoms with Gasteiger partial charge in [-0.25, -0.2) is 0 Å². The molecule has 0 radical (unpaired) electrons. The minimum absolute atomic E-state index is 0.106. The van der Waals surface area contributed by atoms with Crippen molar-refractivity contribution in [1.82, 2.24) is 9.80 Å². The second-order valence-corrected chi connectivity index (χ2v) is 5.53. The Kier molecular flexibility index (Phi) is 5.07. The van der Waals surface area contributed by atoms with E-state index in [9.17, 15) is 9.59 Å². The van der Waals surface area contributed by atoms with Gasteiger partial charge in [0.1, 0.15) is 0 Å². The summed E-state index contributed by atoms with van der Waals surface area (Å²) in [4.78, 5) is 27.8. The first-order valence-corrected chi connectivity index (χ1v) is 7.52. The summed E-state index contributed by atoms with van der Waals surface area (Å²) in [5.74, 6) is 0.0283. The monoisotopic (exact) mass is 309 g/mol. The van der Waals surface area contributed by atoms with Crippen LogP contribution in [0.1, 0.15) is 30.1 Å². The first-order chi connectivity index (χ1) is 10.0. The molecule has 0 bridgehead atoms. The topological polar surface area (TPSA) is 66.6 Å². The number of nitrogens with zero attached hydrogens (tertiary/aromatic N) is 2. The van der Waals surface area contributed by atoms with Crippen molar-refractivity contribution in [3.05, 3.63) is 28.8 Å². The summed E-state index contributed by atoms with van der Waals surface area (Å²) in [7, 11) is 0. The van der Waals surface area contributed by atoms with Gasteiger partial charge >= 0.3 is 0 Å². The largest absolute Gasteiger partial charge is 0.399 e. The van der Waals surface area contributed by atoms with Gasteiger partial charge in [-0.05, 0) is 24.6 Å². The third kappa shape index (κ3) is 3.67. The van der Waals surface area contributed by atoms with E-state index in [-0.39, 0.29) is 11.8 Å². The van der Waals surface area contributed by atoms with E-state index in [0.29, 0.717) is 48.9 Å². The fourth-order valence-electron chi connectivity index (χ4n) is 2.47. The molecule has 1 heterocycles. The molecule has 6 heteroatoms. The lowest BCUT2D eigenvalue weighted by molar-refractivity contribution is -0.130. The summed E-state index contributed by atoms with van der Waals surface area (Å²) in [6.45, 7) is 4.29. The highest BCUT2D eigenvalue weighted by atomic mass is 35.5. The van der Waals surface area contributed by atoms with E-state index < -0.39 is 0 Å². The lowest BCUT2D eigenvalue weighted by Crippen LogP contribution is -2.37. The Morgan fingerprint density at radius 2 is 1.86 bits per heavy atom. The molecule has 2 amide bonds. The molecule has 1 saturated heterocycles. The Balaban J connectivity index is 2.08. The molecule has 1 aromatic rings. The smallest absolute Gasteiger partial charge is 0.255 e. The van der Waals surface area contributed by atoms with Gasteiger partial charge in [0.2, 0.25) is 5.91 Å². The Bertz CT molecular complexity index is 548. The van der Waals surface area contributed by atoms with Gasteiger partial charge in [-0.15, -0.1) is 0 Å². The Labute approximate surface area is 129 Å². The number of hydrogen-bond donors (Lipinski definition) is 1. The van der Waals surface area contributed by atoms with Crippen LogP contribution >= 0.6 is 11.6 Å². The maximum atomic E-state index is 12.5. The van der Waals surface area contributed by atoms with Crippen LogP contribution in [0.4, 0.5) is 5.69 Å². The van der Waals surface area contributed by atoms with E-state index in [2.05, 4.69) is 0 Å². The van der Waals surface area contributed by atoms with Gasteiger partial charge in [0.25, 0.3) is 5.91 Å². The number of nitrogens with two attached hydrogens (primary N) is 1. The zero-order valence-corrected chi connectivity index (χ0v) is 12.9. The zero-order valence-electron chi connectivity index (χ0n) is 12.1. The molecule has 1 fully saturated rings. The Hall–Kier alpha value is -1.75. The Morgan fingerprint density at radius 1 is 1.19 bits per heavy atom. The quantitative estimate of drug-likeness (QED) is 0.850. The van der Waals surface area contributed by atoms with E-state index in [4.69, 9.17) is 17.3 Å². The van der Waals surface area contributed by atoms with Crippen LogP contribution in [0, 0.1) is 0 Å². The highest BCUT2D eigenvalue weighted by Gasteiger charge is 2.23. The molecule has 0 aromatic heterocycles. The number of amides is 2. The van der Waals surface area contributed by atoms with Gasteiger partial charge in [0.15, 0.2) is 0 Å². The SMILES string of the molecule is CCC(=O)N1CCCN(C(=O)c2ccc(N)cc2Cl)CC1. The van der Waals surface area contributed by atoms with Gasteiger partial charge in [0, 0.05) is 38.3 Å². The van der Waals surface area contributed by atoms with Crippen molar-refractivity contribution in [2.24, 2.45) is 0 Å². The number of benzene rings is 1. The Morgan fingerprint density at radius 3 is 2.52 bits per heavy atom. The van der Waals surface area contributed by atoms with Gasteiger partial charge in [-0.3, -0.25) is 9.59 Å². The number of anilines is 1. The highest BCUT2D eigenvalue weighted by Crippen LogP contribution is 2.21. The molecule has 0 spiro atoms. The van der Waals surface area contributed by atoms with E-state index in [1.54, 1.807) is 23.1 Å². The van der Waals surface area contributed by atoms with Crippen molar-refractivity contribution < 1.29 is 9.59 Å². The van der Waals surface area contributed by atoms with Gasteiger partial charge < -0.3 is 15.5 Å². The van der Waals surface area contributed by atoms with Crippen LogP contribution in [-0.4, -0.2) is 47.8 Å². The first kappa shape index (κ1) is 15.6. The number of nitrogen functional groups attached to an aromatic ring is 1. The van der Waals surface area contributed by atoms with Gasteiger partial charge in [-0.1, -0.05) is 18.5 Å². The summed E-state index contributed by atoms with van der Waals surface area (Å²) >= 11 is 6.09. The fraction of sp³-hybridized carbons (Fsp3) is 0.467. The molecule has 114 valence electrons. The van der Waals surface area contributed by atoms with E-state index in [1.807, 2.05) is 11.8 Å². The van der Waals surface area contributed by atoms with Crippen molar-refractivity contribution in [3.8, 4) is 0 Å². The molecule has 2 N–H and O–H groups in total. The fourth-order valence-corrected chi connectivity index (χ4v) is 2.74. The molecule has 1 aliphatic heterocycles. The van der Waals surface area contributed by atoms with E-state index in [1.165, 1.54) is 0 Å². The molecule has 1 aromatic carbocycles. The maximum Gasteiger partial charge on any atom is 0.255 e. The third-order valence-electron chi connectivity index (χ3n) is 3.66. The van der Waals surface area contributed by atoms with Crippen LogP contribution in [-0.2, 0) is 4.79 Å². The predicted octanol–water partition coefficient (Wildman–Crippen LogP) is 2.01. The van der Waals surface area contributed by atoms with Crippen LogP contribution in [0.25, 0.3) is 0 Å². The molecule has 1 aliphatic rings. The van der Waals surface area contributed by atoms with Gasteiger partial charge in [0.05, 0.1) is 10.6 Å². The van der Waals surface area contributed by atoms with Crippen molar-refractivity contribution in [1.29, 1.82) is 0 Å². The second kappa shape index (κ2) is 6.80. The molecule has 21 heavy (non-hydrogen) atoms. The molecule has 0 atom stereocenters. The van der Waals surface area contributed by atoms with Crippen LogP contribution in [0.5, 0.6) is 0 Å². The molecule has 2 rings (SSSR count). The van der Waals surface area contributed by atoms with E-state index in [0.717, 1.165) is 6.42 Å². The molecule has 0 unspecified atom stereocenters.